The SMILES string of the molecule is CCOc1ccc(CCC(=O)N(Cc2cccc(Cl)c2)[C@@H](C)C(=O)N[C@@H](C)CC)cc1OCC. The minimum atomic E-state index is -0.611. The number of aryl methyl sites for hydroxylation is 1. The van der Waals surface area contributed by atoms with Gasteiger partial charge in [0.05, 0.1) is 13.2 Å². The Balaban J connectivity index is 2.18. The molecule has 2 atom stereocenters. The number of rotatable bonds is 13. The maximum Gasteiger partial charge on any atom is 0.242 e. The molecule has 0 aliphatic heterocycles. The van der Waals surface area contributed by atoms with Crippen molar-refractivity contribution in [1.82, 2.24) is 10.2 Å². The fraction of sp³-hybridized carbons (Fsp3) is 0.481. The van der Waals surface area contributed by atoms with Crippen molar-refractivity contribution >= 4 is 23.4 Å². The third-order valence-electron chi connectivity index (χ3n) is 5.65. The molecule has 0 radical (unpaired) electrons. The zero-order valence-electron chi connectivity index (χ0n) is 20.9. The first-order valence-electron chi connectivity index (χ1n) is 12.0. The van der Waals surface area contributed by atoms with Crippen LogP contribution in [0.25, 0.3) is 0 Å². The molecule has 0 aromatic heterocycles. The van der Waals surface area contributed by atoms with Gasteiger partial charge in [-0.2, -0.15) is 0 Å². The minimum Gasteiger partial charge on any atom is -0.490 e. The van der Waals surface area contributed by atoms with E-state index in [9.17, 15) is 9.59 Å². The summed E-state index contributed by atoms with van der Waals surface area (Å²) >= 11 is 6.15. The fourth-order valence-corrected chi connectivity index (χ4v) is 3.74. The van der Waals surface area contributed by atoms with Crippen LogP contribution in [0.3, 0.4) is 0 Å². The van der Waals surface area contributed by atoms with E-state index in [-0.39, 0.29) is 24.3 Å². The zero-order chi connectivity index (χ0) is 25.1. The standard InChI is InChI=1S/C27H37ClN2O4/c1-6-19(4)29-27(32)20(5)30(18-22-10-9-11-23(28)16-22)26(31)15-13-21-12-14-24(33-7-2)25(17-21)34-8-3/h9-12,14,16-17,19-20H,6-8,13,15,18H2,1-5H3,(H,29,32)/t19-,20-/m0/s1. The van der Waals surface area contributed by atoms with E-state index in [0.29, 0.717) is 42.7 Å². The summed E-state index contributed by atoms with van der Waals surface area (Å²) in [6.45, 7) is 11.0. The maximum atomic E-state index is 13.3. The van der Waals surface area contributed by atoms with Crippen molar-refractivity contribution < 1.29 is 19.1 Å². The zero-order valence-corrected chi connectivity index (χ0v) is 21.7. The summed E-state index contributed by atoms with van der Waals surface area (Å²) in [6.07, 6.45) is 1.61. The number of nitrogens with one attached hydrogen (secondary N) is 1. The fourth-order valence-electron chi connectivity index (χ4n) is 3.53. The smallest absolute Gasteiger partial charge is 0.242 e. The number of hydrogen-bond acceptors (Lipinski definition) is 4. The topological polar surface area (TPSA) is 67.9 Å². The van der Waals surface area contributed by atoms with Crippen LogP contribution < -0.4 is 14.8 Å². The number of carbonyl (C=O) groups is 2. The second-order valence-electron chi connectivity index (χ2n) is 8.29. The third-order valence-corrected chi connectivity index (χ3v) is 5.88. The van der Waals surface area contributed by atoms with Gasteiger partial charge < -0.3 is 19.7 Å². The molecule has 7 heteroatoms. The molecule has 186 valence electrons. The molecule has 2 amide bonds. The van der Waals surface area contributed by atoms with Gasteiger partial charge in [0.1, 0.15) is 6.04 Å². The molecule has 1 N–H and O–H groups in total. The second-order valence-corrected chi connectivity index (χ2v) is 8.73. The van der Waals surface area contributed by atoms with Gasteiger partial charge in [0.25, 0.3) is 0 Å². The Bertz CT molecular complexity index is 950. The van der Waals surface area contributed by atoms with E-state index in [2.05, 4.69) is 5.32 Å². The molecule has 2 aromatic rings. The number of ether oxygens (including phenoxy) is 2. The summed E-state index contributed by atoms with van der Waals surface area (Å²) in [4.78, 5) is 27.8. The van der Waals surface area contributed by atoms with Crippen LogP contribution in [0.4, 0.5) is 0 Å². The van der Waals surface area contributed by atoms with Gasteiger partial charge in [0.15, 0.2) is 11.5 Å². The van der Waals surface area contributed by atoms with E-state index in [1.54, 1.807) is 17.9 Å². The summed E-state index contributed by atoms with van der Waals surface area (Å²) in [5.41, 5.74) is 1.85. The van der Waals surface area contributed by atoms with Crippen molar-refractivity contribution in [1.29, 1.82) is 0 Å². The van der Waals surface area contributed by atoms with Crippen LogP contribution >= 0.6 is 11.6 Å². The van der Waals surface area contributed by atoms with E-state index in [1.807, 2.05) is 64.1 Å². The number of amides is 2. The van der Waals surface area contributed by atoms with Gasteiger partial charge in [-0.05, 0) is 75.9 Å². The second kappa shape index (κ2) is 13.9. The highest BCUT2D eigenvalue weighted by molar-refractivity contribution is 6.30. The Hall–Kier alpha value is -2.73. The molecular weight excluding hydrogens is 452 g/mol. The molecule has 0 aliphatic carbocycles. The van der Waals surface area contributed by atoms with Crippen LogP contribution in [-0.2, 0) is 22.6 Å². The van der Waals surface area contributed by atoms with Crippen molar-refractivity contribution in [3.63, 3.8) is 0 Å². The summed E-state index contributed by atoms with van der Waals surface area (Å²) < 4.78 is 11.3. The van der Waals surface area contributed by atoms with Crippen molar-refractivity contribution in [3.05, 3.63) is 58.6 Å². The summed E-state index contributed by atoms with van der Waals surface area (Å²) in [5.74, 6) is 1.10. The number of benzene rings is 2. The predicted molar refractivity (Wildman–Crippen MR) is 136 cm³/mol. The molecule has 0 heterocycles. The van der Waals surface area contributed by atoms with Crippen molar-refractivity contribution in [2.75, 3.05) is 13.2 Å². The van der Waals surface area contributed by atoms with Gasteiger partial charge in [-0.1, -0.05) is 36.7 Å². The van der Waals surface area contributed by atoms with E-state index in [1.165, 1.54) is 0 Å². The molecule has 0 aliphatic rings. The van der Waals surface area contributed by atoms with Crippen LogP contribution in [0.1, 0.15) is 58.6 Å². The normalized spacial score (nSPS) is 12.5. The number of hydrogen-bond donors (Lipinski definition) is 1. The molecule has 6 nitrogen and oxygen atoms in total. The lowest BCUT2D eigenvalue weighted by molar-refractivity contribution is -0.140. The molecular formula is C27H37ClN2O4. The molecule has 0 saturated carbocycles. The first-order chi connectivity index (χ1) is 16.3. The Morgan fingerprint density at radius 2 is 1.68 bits per heavy atom. The van der Waals surface area contributed by atoms with Crippen LogP contribution in [0.5, 0.6) is 11.5 Å². The molecule has 0 fully saturated rings. The highest BCUT2D eigenvalue weighted by atomic mass is 35.5. The molecule has 0 unspecified atom stereocenters. The van der Waals surface area contributed by atoms with Crippen molar-refractivity contribution in [3.8, 4) is 11.5 Å². The Kier molecular flexibility index (Phi) is 11.2. The van der Waals surface area contributed by atoms with Crippen molar-refractivity contribution in [2.45, 2.75) is 72.5 Å². The summed E-state index contributed by atoms with van der Waals surface area (Å²) in [6, 6.07) is 12.5. The molecule has 2 aromatic carbocycles. The summed E-state index contributed by atoms with van der Waals surface area (Å²) in [7, 11) is 0. The first-order valence-corrected chi connectivity index (χ1v) is 12.4. The van der Waals surface area contributed by atoms with E-state index in [4.69, 9.17) is 21.1 Å². The molecule has 34 heavy (non-hydrogen) atoms. The minimum absolute atomic E-state index is 0.0407. The number of halogens is 1. The average Bonchev–Trinajstić information content (AvgIpc) is 2.82. The van der Waals surface area contributed by atoms with Gasteiger partial charge in [-0.25, -0.2) is 0 Å². The first kappa shape index (κ1) is 27.5. The van der Waals surface area contributed by atoms with Crippen LogP contribution in [0.15, 0.2) is 42.5 Å². The summed E-state index contributed by atoms with van der Waals surface area (Å²) in [5, 5.41) is 3.58. The van der Waals surface area contributed by atoms with Crippen LogP contribution in [0, 0.1) is 0 Å². The molecule has 0 bridgehead atoms. The monoisotopic (exact) mass is 488 g/mol. The van der Waals surface area contributed by atoms with Gasteiger partial charge >= 0.3 is 0 Å². The third kappa shape index (κ3) is 8.24. The Morgan fingerprint density at radius 3 is 2.32 bits per heavy atom. The highest BCUT2D eigenvalue weighted by Crippen LogP contribution is 2.29. The van der Waals surface area contributed by atoms with Crippen LogP contribution in [-0.4, -0.2) is 42.0 Å². The van der Waals surface area contributed by atoms with Crippen LogP contribution in [0.2, 0.25) is 5.02 Å². The van der Waals surface area contributed by atoms with Gasteiger partial charge in [0, 0.05) is 24.0 Å². The Morgan fingerprint density at radius 1 is 0.971 bits per heavy atom. The van der Waals surface area contributed by atoms with E-state index < -0.39 is 6.04 Å². The number of nitrogens with zero attached hydrogens (tertiary/aromatic N) is 1. The molecule has 2 rings (SSSR count). The highest BCUT2D eigenvalue weighted by Gasteiger charge is 2.26. The molecule has 0 spiro atoms. The lowest BCUT2D eigenvalue weighted by Crippen LogP contribution is -2.49. The van der Waals surface area contributed by atoms with Gasteiger partial charge in [-0.3, -0.25) is 9.59 Å². The van der Waals surface area contributed by atoms with E-state index in [0.717, 1.165) is 17.5 Å². The van der Waals surface area contributed by atoms with Gasteiger partial charge in [0.2, 0.25) is 11.8 Å². The predicted octanol–water partition coefficient (Wildman–Crippen LogP) is 5.40. The molecule has 0 saturated heterocycles. The maximum absolute atomic E-state index is 13.3. The van der Waals surface area contributed by atoms with Crippen molar-refractivity contribution in [2.24, 2.45) is 0 Å². The number of carbonyl (C=O) groups excluding carboxylic acids is 2. The largest absolute Gasteiger partial charge is 0.490 e. The lowest BCUT2D eigenvalue weighted by atomic mass is 10.1. The van der Waals surface area contributed by atoms with Gasteiger partial charge in [-0.15, -0.1) is 0 Å². The average molecular weight is 489 g/mol. The lowest BCUT2D eigenvalue weighted by Gasteiger charge is -2.30. The van der Waals surface area contributed by atoms with E-state index >= 15 is 0 Å². The quantitative estimate of drug-likeness (QED) is 0.409. The Labute approximate surface area is 208 Å².